The molecular formula is C13H16ClN3O2. The first-order valence-electron chi connectivity index (χ1n) is 6.12. The average Bonchev–Trinajstić information content (AvgIpc) is 2.38. The molecule has 0 saturated carbocycles. The Labute approximate surface area is 116 Å². The number of rotatable bonds is 2. The molecule has 6 heteroatoms. The number of amides is 2. The summed E-state index contributed by atoms with van der Waals surface area (Å²) in [5, 5.41) is 0.501. The molecule has 0 spiro atoms. The Hall–Kier alpha value is -1.75. The minimum atomic E-state index is -0.293. The van der Waals surface area contributed by atoms with E-state index in [1.165, 1.54) is 0 Å². The van der Waals surface area contributed by atoms with E-state index in [4.69, 9.17) is 23.1 Å². The molecule has 1 aliphatic rings. The number of hydrogen-bond acceptors (Lipinski definition) is 3. The molecule has 1 aromatic carbocycles. The number of benzene rings is 1. The topological polar surface area (TPSA) is 89.4 Å². The van der Waals surface area contributed by atoms with Crippen LogP contribution >= 0.6 is 11.6 Å². The van der Waals surface area contributed by atoms with Gasteiger partial charge in [-0.3, -0.25) is 9.59 Å². The van der Waals surface area contributed by atoms with Crippen molar-refractivity contribution in [2.24, 2.45) is 11.7 Å². The van der Waals surface area contributed by atoms with Gasteiger partial charge in [0, 0.05) is 29.7 Å². The number of hydrogen-bond donors (Lipinski definition) is 2. The smallest absolute Gasteiger partial charge is 0.255 e. The number of anilines is 1. The molecule has 0 bridgehead atoms. The second kappa shape index (κ2) is 5.48. The fraction of sp³-hybridized carbons (Fsp3) is 0.385. The van der Waals surface area contributed by atoms with Gasteiger partial charge < -0.3 is 16.4 Å². The van der Waals surface area contributed by atoms with Gasteiger partial charge in [-0.1, -0.05) is 11.6 Å². The summed E-state index contributed by atoms with van der Waals surface area (Å²) < 4.78 is 0. The Kier molecular flexibility index (Phi) is 3.95. The van der Waals surface area contributed by atoms with Gasteiger partial charge in [-0.15, -0.1) is 0 Å². The number of piperidine rings is 1. The van der Waals surface area contributed by atoms with Crippen LogP contribution in [0.1, 0.15) is 23.2 Å². The fourth-order valence-electron chi connectivity index (χ4n) is 2.27. The highest BCUT2D eigenvalue weighted by molar-refractivity contribution is 6.31. The van der Waals surface area contributed by atoms with Crippen LogP contribution in [-0.2, 0) is 4.79 Å². The van der Waals surface area contributed by atoms with Crippen LogP contribution in [0.4, 0.5) is 5.69 Å². The maximum Gasteiger partial charge on any atom is 0.255 e. The summed E-state index contributed by atoms with van der Waals surface area (Å²) in [5.41, 5.74) is 11.9. The molecule has 1 heterocycles. The fourth-order valence-corrected chi connectivity index (χ4v) is 2.45. The number of halogens is 1. The Morgan fingerprint density at radius 1 is 1.26 bits per heavy atom. The highest BCUT2D eigenvalue weighted by Gasteiger charge is 2.27. The van der Waals surface area contributed by atoms with E-state index in [0.29, 0.717) is 42.2 Å². The number of likely N-dealkylation sites (tertiary alicyclic amines) is 1. The minimum Gasteiger partial charge on any atom is -0.398 e. The molecule has 2 rings (SSSR count). The number of carbonyl (C=O) groups excluding carboxylic acids is 2. The van der Waals surface area contributed by atoms with E-state index < -0.39 is 0 Å². The van der Waals surface area contributed by atoms with Crippen LogP contribution in [0.3, 0.4) is 0 Å². The summed E-state index contributed by atoms with van der Waals surface area (Å²) in [6, 6.07) is 4.83. The van der Waals surface area contributed by atoms with E-state index in [2.05, 4.69) is 0 Å². The van der Waals surface area contributed by atoms with Gasteiger partial charge in [0.15, 0.2) is 0 Å². The summed E-state index contributed by atoms with van der Waals surface area (Å²) in [7, 11) is 0. The van der Waals surface area contributed by atoms with Crippen LogP contribution in [0, 0.1) is 5.92 Å². The number of nitrogen functional groups attached to an aromatic ring is 1. The predicted octanol–water partition coefficient (Wildman–Crippen LogP) is 1.26. The summed E-state index contributed by atoms with van der Waals surface area (Å²) in [4.78, 5) is 25.1. The average molecular weight is 282 g/mol. The SMILES string of the molecule is NC(=O)C1CCN(C(=O)c2ccc(Cl)cc2N)CC1. The highest BCUT2D eigenvalue weighted by Crippen LogP contribution is 2.23. The summed E-state index contributed by atoms with van der Waals surface area (Å²) in [6.45, 7) is 1.04. The van der Waals surface area contributed by atoms with E-state index in [0.717, 1.165) is 0 Å². The van der Waals surface area contributed by atoms with Crippen LogP contribution in [0.5, 0.6) is 0 Å². The molecule has 0 unspecified atom stereocenters. The third-order valence-electron chi connectivity index (χ3n) is 3.43. The molecule has 102 valence electrons. The van der Waals surface area contributed by atoms with E-state index in [1.807, 2.05) is 0 Å². The van der Waals surface area contributed by atoms with Gasteiger partial charge in [-0.25, -0.2) is 0 Å². The first kappa shape index (κ1) is 13.7. The van der Waals surface area contributed by atoms with Crippen molar-refractivity contribution in [3.05, 3.63) is 28.8 Å². The largest absolute Gasteiger partial charge is 0.398 e. The van der Waals surface area contributed by atoms with Gasteiger partial charge in [0.2, 0.25) is 5.91 Å². The molecule has 1 aliphatic heterocycles. The second-order valence-corrected chi connectivity index (χ2v) is 5.14. The van der Waals surface area contributed by atoms with Crippen LogP contribution in [0.2, 0.25) is 5.02 Å². The zero-order valence-corrected chi connectivity index (χ0v) is 11.2. The van der Waals surface area contributed by atoms with Crippen LogP contribution in [0.15, 0.2) is 18.2 Å². The molecule has 1 aromatic rings. The Balaban J connectivity index is 2.07. The molecule has 1 saturated heterocycles. The van der Waals surface area contributed by atoms with Gasteiger partial charge >= 0.3 is 0 Å². The van der Waals surface area contributed by atoms with E-state index in [-0.39, 0.29) is 17.7 Å². The molecular weight excluding hydrogens is 266 g/mol. The Morgan fingerprint density at radius 3 is 2.42 bits per heavy atom. The lowest BCUT2D eigenvalue weighted by molar-refractivity contribution is -0.123. The van der Waals surface area contributed by atoms with Gasteiger partial charge in [0.05, 0.1) is 5.56 Å². The van der Waals surface area contributed by atoms with E-state index >= 15 is 0 Å². The number of nitrogens with two attached hydrogens (primary N) is 2. The molecule has 4 N–H and O–H groups in total. The van der Waals surface area contributed by atoms with Gasteiger partial charge in [-0.05, 0) is 31.0 Å². The van der Waals surface area contributed by atoms with Crippen molar-refractivity contribution in [1.29, 1.82) is 0 Å². The number of nitrogens with zero attached hydrogens (tertiary/aromatic N) is 1. The maximum absolute atomic E-state index is 12.3. The van der Waals surface area contributed by atoms with Crippen molar-refractivity contribution >= 4 is 29.1 Å². The minimum absolute atomic E-state index is 0.128. The molecule has 5 nitrogen and oxygen atoms in total. The molecule has 0 radical (unpaired) electrons. The third kappa shape index (κ3) is 2.98. The van der Waals surface area contributed by atoms with Crippen molar-refractivity contribution in [3.63, 3.8) is 0 Å². The Bertz CT molecular complexity index is 511. The van der Waals surface area contributed by atoms with Crippen molar-refractivity contribution < 1.29 is 9.59 Å². The normalized spacial score (nSPS) is 16.4. The first-order chi connectivity index (χ1) is 8.99. The van der Waals surface area contributed by atoms with Gasteiger partial charge in [0.1, 0.15) is 0 Å². The quantitative estimate of drug-likeness (QED) is 0.800. The zero-order valence-electron chi connectivity index (χ0n) is 10.4. The third-order valence-corrected chi connectivity index (χ3v) is 3.66. The lowest BCUT2D eigenvalue weighted by Crippen LogP contribution is -2.41. The van der Waals surface area contributed by atoms with Crippen molar-refractivity contribution in [1.82, 2.24) is 4.90 Å². The van der Waals surface area contributed by atoms with E-state index in [9.17, 15) is 9.59 Å². The molecule has 19 heavy (non-hydrogen) atoms. The standard InChI is InChI=1S/C13H16ClN3O2/c14-9-1-2-10(11(15)7-9)13(19)17-5-3-8(4-6-17)12(16)18/h1-2,7-8H,3-6,15H2,(H2,16,18). The highest BCUT2D eigenvalue weighted by atomic mass is 35.5. The molecule has 0 aromatic heterocycles. The summed E-state index contributed by atoms with van der Waals surface area (Å²) >= 11 is 5.81. The predicted molar refractivity (Wildman–Crippen MR) is 73.7 cm³/mol. The van der Waals surface area contributed by atoms with E-state index in [1.54, 1.807) is 23.1 Å². The van der Waals surface area contributed by atoms with Crippen LogP contribution in [-0.4, -0.2) is 29.8 Å². The summed E-state index contributed by atoms with van der Waals surface area (Å²) in [5.74, 6) is -0.554. The summed E-state index contributed by atoms with van der Waals surface area (Å²) in [6.07, 6.45) is 1.21. The Morgan fingerprint density at radius 2 is 1.89 bits per heavy atom. The van der Waals surface area contributed by atoms with Gasteiger partial charge in [-0.2, -0.15) is 0 Å². The molecule has 0 aliphatic carbocycles. The van der Waals surface area contributed by atoms with Crippen LogP contribution < -0.4 is 11.5 Å². The zero-order chi connectivity index (χ0) is 14.0. The monoisotopic (exact) mass is 281 g/mol. The molecule has 1 fully saturated rings. The second-order valence-electron chi connectivity index (χ2n) is 4.70. The van der Waals surface area contributed by atoms with Crippen molar-refractivity contribution in [2.75, 3.05) is 18.8 Å². The maximum atomic E-state index is 12.3. The van der Waals surface area contributed by atoms with Crippen molar-refractivity contribution in [3.8, 4) is 0 Å². The number of primary amides is 1. The van der Waals surface area contributed by atoms with Gasteiger partial charge in [0.25, 0.3) is 5.91 Å². The molecule has 2 amide bonds. The lowest BCUT2D eigenvalue weighted by atomic mass is 9.96. The first-order valence-corrected chi connectivity index (χ1v) is 6.50. The van der Waals surface area contributed by atoms with Crippen molar-refractivity contribution in [2.45, 2.75) is 12.8 Å². The van der Waals surface area contributed by atoms with Crippen LogP contribution in [0.25, 0.3) is 0 Å². The lowest BCUT2D eigenvalue weighted by Gasteiger charge is -2.30. The number of carbonyl (C=O) groups is 2. The molecule has 0 atom stereocenters.